The summed E-state index contributed by atoms with van der Waals surface area (Å²) in [5.41, 5.74) is 0. The molecule has 0 fully saturated rings. The molecule has 0 radical (unpaired) electrons. The molecule has 0 unspecified atom stereocenters. The fourth-order valence-electron chi connectivity index (χ4n) is 1.72. The third-order valence-corrected chi connectivity index (χ3v) is 5.79. The molecule has 0 amide bonds. The zero-order valence-corrected chi connectivity index (χ0v) is 11.9. The topological polar surface area (TPSA) is 35.5 Å². The highest BCUT2D eigenvalue weighted by Gasteiger charge is 2.27. The maximum atomic E-state index is 11.6. The van der Waals surface area contributed by atoms with E-state index in [1.165, 1.54) is 5.19 Å². The highest BCUT2D eigenvalue weighted by atomic mass is 28.3. The van der Waals surface area contributed by atoms with Gasteiger partial charge in [-0.3, -0.25) is 4.79 Å². The first kappa shape index (κ1) is 13.8. The van der Waals surface area contributed by atoms with E-state index < -0.39 is 8.07 Å². The van der Waals surface area contributed by atoms with E-state index >= 15 is 0 Å². The average molecular weight is 252 g/mol. The maximum absolute atomic E-state index is 11.6. The van der Waals surface area contributed by atoms with Gasteiger partial charge in [0.15, 0.2) is 0 Å². The monoisotopic (exact) mass is 252 g/mol. The zero-order chi connectivity index (χ0) is 12.9. The minimum Gasteiger partial charge on any atom is -0.497 e. The molecule has 0 heterocycles. The fraction of sp³-hybridized carbons (Fsp3) is 0.462. The van der Waals surface area contributed by atoms with Crippen molar-refractivity contribution in [3.05, 3.63) is 24.3 Å². The molecule has 0 aromatic heterocycles. The summed E-state index contributed by atoms with van der Waals surface area (Å²) < 4.78 is 10.2. The van der Waals surface area contributed by atoms with E-state index in [-0.39, 0.29) is 5.97 Å². The van der Waals surface area contributed by atoms with Gasteiger partial charge in [-0.15, -0.1) is 0 Å². The standard InChI is InChI=1S/C13H20O3Si/c1-5-16-13(14)10-17(3,4)12-8-6-7-11(9-12)15-2/h6-9H,5,10H2,1-4H3. The van der Waals surface area contributed by atoms with Crippen molar-refractivity contribution in [1.82, 2.24) is 0 Å². The van der Waals surface area contributed by atoms with E-state index in [0.29, 0.717) is 12.7 Å². The van der Waals surface area contributed by atoms with E-state index in [2.05, 4.69) is 19.2 Å². The van der Waals surface area contributed by atoms with Crippen molar-refractivity contribution in [2.75, 3.05) is 13.7 Å². The molecule has 1 aromatic rings. The molecule has 0 aliphatic heterocycles. The summed E-state index contributed by atoms with van der Waals surface area (Å²) >= 11 is 0. The van der Waals surface area contributed by atoms with Crippen LogP contribution in [0.4, 0.5) is 0 Å². The second-order valence-corrected chi connectivity index (χ2v) is 9.30. The van der Waals surface area contributed by atoms with Gasteiger partial charge in [-0.05, 0) is 19.1 Å². The summed E-state index contributed by atoms with van der Waals surface area (Å²) in [6.45, 7) is 6.61. The average Bonchev–Trinajstić information content (AvgIpc) is 2.28. The lowest BCUT2D eigenvalue weighted by Crippen LogP contribution is -2.43. The number of carbonyl (C=O) groups is 1. The van der Waals surface area contributed by atoms with Crippen molar-refractivity contribution in [1.29, 1.82) is 0 Å². The minimum atomic E-state index is -1.78. The highest BCUT2D eigenvalue weighted by Crippen LogP contribution is 2.15. The minimum absolute atomic E-state index is 0.105. The van der Waals surface area contributed by atoms with E-state index in [0.717, 1.165) is 5.75 Å². The van der Waals surface area contributed by atoms with Gasteiger partial charge < -0.3 is 9.47 Å². The number of rotatable bonds is 5. The number of ether oxygens (including phenoxy) is 2. The van der Waals surface area contributed by atoms with Gasteiger partial charge in [0.05, 0.1) is 21.8 Å². The summed E-state index contributed by atoms with van der Waals surface area (Å²) in [4.78, 5) is 11.6. The molecule has 1 aromatic carbocycles. The molecule has 0 saturated carbocycles. The SMILES string of the molecule is CCOC(=O)C[Si](C)(C)c1cccc(OC)c1. The van der Waals surface area contributed by atoms with Gasteiger partial charge in [-0.25, -0.2) is 0 Å². The number of carbonyl (C=O) groups excluding carboxylic acids is 1. The first-order chi connectivity index (χ1) is 7.99. The van der Waals surface area contributed by atoms with Gasteiger partial charge in [-0.2, -0.15) is 0 Å². The van der Waals surface area contributed by atoms with E-state index in [9.17, 15) is 4.79 Å². The summed E-state index contributed by atoms with van der Waals surface area (Å²) in [6, 6.07) is 8.47. The lowest BCUT2D eigenvalue weighted by molar-refractivity contribution is -0.140. The Labute approximate surface area is 104 Å². The number of benzene rings is 1. The Morgan fingerprint density at radius 3 is 2.65 bits per heavy atom. The molecule has 3 nitrogen and oxygen atoms in total. The van der Waals surface area contributed by atoms with E-state index in [1.807, 2.05) is 25.1 Å². The molecule has 0 aliphatic carbocycles. The normalized spacial score (nSPS) is 11.1. The van der Waals surface area contributed by atoms with Crippen LogP contribution in [-0.2, 0) is 9.53 Å². The first-order valence-electron chi connectivity index (χ1n) is 5.79. The largest absolute Gasteiger partial charge is 0.497 e. The second kappa shape index (κ2) is 5.86. The third kappa shape index (κ3) is 3.89. The Morgan fingerprint density at radius 1 is 1.35 bits per heavy atom. The Balaban J connectivity index is 2.84. The molecule has 94 valence electrons. The Hall–Kier alpha value is -1.29. The van der Waals surface area contributed by atoms with Crippen molar-refractivity contribution in [3.8, 4) is 5.75 Å². The van der Waals surface area contributed by atoms with Gasteiger partial charge in [-0.1, -0.05) is 30.4 Å². The zero-order valence-electron chi connectivity index (χ0n) is 10.9. The smallest absolute Gasteiger partial charge is 0.303 e. The van der Waals surface area contributed by atoms with Crippen LogP contribution in [0.3, 0.4) is 0 Å². The molecule has 4 heteroatoms. The molecule has 0 saturated heterocycles. The molecule has 1 rings (SSSR count). The predicted octanol–water partition coefficient (Wildman–Crippen LogP) is 2.17. The molecular formula is C13H20O3Si. The summed E-state index contributed by atoms with van der Waals surface area (Å²) in [6.07, 6.45) is 0. The molecule has 0 spiro atoms. The van der Waals surface area contributed by atoms with E-state index in [1.54, 1.807) is 7.11 Å². The van der Waals surface area contributed by atoms with Crippen LogP contribution in [0.1, 0.15) is 6.92 Å². The summed E-state index contributed by atoms with van der Waals surface area (Å²) in [5, 5.41) is 1.21. The van der Waals surface area contributed by atoms with Crippen LogP contribution < -0.4 is 9.92 Å². The highest BCUT2D eigenvalue weighted by molar-refractivity contribution is 6.91. The van der Waals surface area contributed by atoms with Crippen molar-refractivity contribution >= 4 is 19.2 Å². The van der Waals surface area contributed by atoms with Crippen LogP contribution >= 0.6 is 0 Å². The van der Waals surface area contributed by atoms with Crippen LogP contribution in [-0.4, -0.2) is 27.8 Å². The first-order valence-corrected chi connectivity index (χ1v) is 9.00. The third-order valence-electron chi connectivity index (χ3n) is 2.74. The Kier molecular flexibility index (Phi) is 4.75. The van der Waals surface area contributed by atoms with Crippen molar-refractivity contribution in [2.45, 2.75) is 26.1 Å². The van der Waals surface area contributed by atoms with Gasteiger partial charge in [0.1, 0.15) is 5.75 Å². The molecule has 0 N–H and O–H groups in total. The van der Waals surface area contributed by atoms with Crippen LogP contribution in [0.5, 0.6) is 5.75 Å². The molecule has 0 aliphatic rings. The lowest BCUT2D eigenvalue weighted by Gasteiger charge is -2.22. The second-order valence-electron chi connectivity index (χ2n) is 4.60. The van der Waals surface area contributed by atoms with Crippen molar-refractivity contribution < 1.29 is 14.3 Å². The van der Waals surface area contributed by atoms with E-state index in [4.69, 9.17) is 9.47 Å². The predicted molar refractivity (Wildman–Crippen MR) is 71.6 cm³/mol. The van der Waals surface area contributed by atoms with Crippen molar-refractivity contribution in [2.24, 2.45) is 0 Å². The van der Waals surface area contributed by atoms with Crippen LogP contribution in [0.15, 0.2) is 24.3 Å². The Morgan fingerprint density at radius 2 is 2.06 bits per heavy atom. The maximum Gasteiger partial charge on any atom is 0.303 e. The summed E-state index contributed by atoms with van der Waals surface area (Å²) in [5.74, 6) is 0.735. The lowest BCUT2D eigenvalue weighted by atomic mass is 10.3. The molecular weight excluding hydrogens is 232 g/mol. The van der Waals surface area contributed by atoms with Gasteiger partial charge in [0.25, 0.3) is 0 Å². The molecule has 0 atom stereocenters. The van der Waals surface area contributed by atoms with Crippen LogP contribution in [0.2, 0.25) is 19.1 Å². The number of esters is 1. The number of hydrogen-bond donors (Lipinski definition) is 0. The molecule has 17 heavy (non-hydrogen) atoms. The van der Waals surface area contributed by atoms with Crippen LogP contribution in [0.25, 0.3) is 0 Å². The molecule has 0 bridgehead atoms. The van der Waals surface area contributed by atoms with Crippen molar-refractivity contribution in [3.63, 3.8) is 0 Å². The number of hydrogen-bond acceptors (Lipinski definition) is 3. The van der Waals surface area contributed by atoms with Gasteiger partial charge >= 0.3 is 5.97 Å². The number of methoxy groups -OCH3 is 1. The Bertz CT molecular complexity index is 388. The summed E-state index contributed by atoms with van der Waals surface area (Å²) in [7, 11) is -0.130. The quantitative estimate of drug-likeness (QED) is 0.595. The fourth-order valence-corrected chi connectivity index (χ4v) is 3.83. The van der Waals surface area contributed by atoms with Gasteiger partial charge in [0.2, 0.25) is 0 Å². The van der Waals surface area contributed by atoms with Gasteiger partial charge in [0, 0.05) is 6.04 Å². The van der Waals surface area contributed by atoms with Crippen LogP contribution in [0, 0.1) is 0 Å².